The molecule has 2 atom stereocenters. The summed E-state index contributed by atoms with van der Waals surface area (Å²) in [7, 11) is 1.81. The SMILES string of the molecule is CN1CC(O)OC(O)C1. The molecule has 0 amide bonds. The summed E-state index contributed by atoms with van der Waals surface area (Å²) in [6.07, 6.45) is -1.67. The minimum Gasteiger partial charge on any atom is -0.367 e. The van der Waals surface area contributed by atoms with Gasteiger partial charge in [-0.25, -0.2) is 0 Å². The van der Waals surface area contributed by atoms with Crippen LogP contribution >= 0.6 is 0 Å². The Morgan fingerprint density at radius 2 is 1.78 bits per heavy atom. The van der Waals surface area contributed by atoms with E-state index in [0.29, 0.717) is 13.1 Å². The lowest BCUT2D eigenvalue weighted by molar-refractivity contribution is -0.244. The normalized spacial score (nSPS) is 39.0. The molecular weight excluding hydrogens is 122 g/mol. The highest BCUT2D eigenvalue weighted by Gasteiger charge is 2.21. The van der Waals surface area contributed by atoms with Crippen LogP contribution in [0.3, 0.4) is 0 Å². The Labute approximate surface area is 53.7 Å². The summed E-state index contributed by atoms with van der Waals surface area (Å²) < 4.78 is 4.63. The number of nitrogens with zero attached hydrogens (tertiary/aromatic N) is 1. The molecule has 0 radical (unpaired) electrons. The van der Waals surface area contributed by atoms with Crippen molar-refractivity contribution < 1.29 is 14.9 Å². The van der Waals surface area contributed by atoms with E-state index in [2.05, 4.69) is 4.74 Å². The molecule has 0 aromatic carbocycles. The first-order valence-electron chi connectivity index (χ1n) is 2.88. The lowest BCUT2D eigenvalue weighted by atomic mass is 10.4. The lowest BCUT2D eigenvalue weighted by Crippen LogP contribution is -2.45. The second-order valence-electron chi connectivity index (χ2n) is 2.27. The molecule has 1 rings (SSSR count). The van der Waals surface area contributed by atoms with Gasteiger partial charge in [0.15, 0.2) is 12.6 Å². The fraction of sp³-hybridized carbons (Fsp3) is 1.00. The monoisotopic (exact) mass is 133 g/mol. The zero-order chi connectivity index (χ0) is 6.85. The van der Waals surface area contributed by atoms with E-state index in [0.717, 1.165) is 0 Å². The van der Waals surface area contributed by atoms with Gasteiger partial charge in [0.2, 0.25) is 0 Å². The molecule has 0 aromatic heterocycles. The van der Waals surface area contributed by atoms with Crippen LogP contribution in [0.15, 0.2) is 0 Å². The molecule has 0 bridgehead atoms. The largest absolute Gasteiger partial charge is 0.367 e. The highest BCUT2D eigenvalue weighted by molar-refractivity contribution is 4.61. The molecule has 2 unspecified atom stereocenters. The average molecular weight is 133 g/mol. The van der Waals surface area contributed by atoms with Crippen LogP contribution in [0.25, 0.3) is 0 Å². The Balaban J connectivity index is 2.34. The molecule has 0 spiro atoms. The highest BCUT2D eigenvalue weighted by atomic mass is 16.7. The average Bonchev–Trinajstić information content (AvgIpc) is 1.59. The van der Waals surface area contributed by atoms with Crippen molar-refractivity contribution in [2.75, 3.05) is 20.1 Å². The molecule has 2 N–H and O–H groups in total. The third-order valence-corrected chi connectivity index (χ3v) is 1.25. The predicted molar refractivity (Wildman–Crippen MR) is 30.6 cm³/mol. The van der Waals surface area contributed by atoms with E-state index in [1.165, 1.54) is 0 Å². The Kier molecular flexibility index (Phi) is 2.02. The molecule has 1 aliphatic heterocycles. The molecule has 0 aliphatic carbocycles. The molecule has 1 aliphatic rings. The summed E-state index contributed by atoms with van der Waals surface area (Å²) >= 11 is 0. The van der Waals surface area contributed by atoms with Crippen LogP contribution in [0.5, 0.6) is 0 Å². The zero-order valence-electron chi connectivity index (χ0n) is 5.32. The van der Waals surface area contributed by atoms with E-state index in [-0.39, 0.29) is 0 Å². The molecule has 9 heavy (non-hydrogen) atoms. The Hall–Kier alpha value is -0.160. The fourth-order valence-electron chi connectivity index (χ4n) is 0.875. The number of β-amino-alcohol motifs (C(OH)–C–C–N with tert-alkyl or cyclic N) is 2. The lowest BCUT2D eigenvalue weighted by Gasteiger charge is -2.30. The van der Waals surface area contributed by atoms with Crippen LogP contribution in [0.2, 0.25) is 0 Å². The van der Waals surface area contributed by atoms with Gasteiger partial charge in [0.1, 0.15) is 0 Å². The van der Waals surface area contributed by atoms with E-state index in [4.69, 9.17) is 10.2 Å². The van der Waals surface area contributed by atoms with Gasteiger partial charge < -0.3 is 14.9 Å². The van der Waals surface area contributed by atoms with Crippen molar-refractivity contribution in [2.24, 2.45) is 0 Å². The van der Waals surface area contributed by atoms with Crippen molar-refractivity contribution >= 4 is 0 Å². The summed E-state index contributed by atoms with van der Waals surface area (Å²) in [6, 6.07) is 0. The minimum absolute atomic E-state index is 0.469. The number of ether oxygens (including phenoxy) is 1. The van der Waals surface area contributed by atoms with Crippen molar-refractivity contribution in [3.05, 3.63) is 0 Å². The molecule has 4 nitrogen and oxygen atoms in total. The molecular formula is C5H11NO3. The van der Waals surface area contributed by atoms with Gasteiger partial charge in [-0.05, 0) is 7.05 Å². The van der Waals surface area contributed by atoms with E-state index >= 15 is 0 Å². The van der Waals surface area contributed by atoms with Crippen LogP contribution < -0.4 is 0 Å². The van der Waals surface area contributed by atoms with Crippen molar-refractivity contribution in [3.8, 4) is 0 Å². The van der Waals surface area contributed by atoms with Crippen molar-refractivity contribution in [3.63, 3.8) is 0 Å². The summed E-state index contributed by atoms with van der Waals surface area (Å²) in [6.45, 7) is 0.939. The second-order valence-corrected chi connectivity index (χ2v) is 2.27. The fourth-order valence-corrected chi connectivity index (χ4v) is 0.875. The number of hydrogen-bond acceptors (Lipinski definition) is 4. The first-order valence-corrected chi connectivity index (χ1v) is 2.88. The first kappa shape index (κ1) is 6.95. The first-order chi connectivity index (χ1) is 4.18. The maximum atomic E-state index is 8.83. The number of rotatable bonds is 0. The summed E-state index contributed by atoms with van der Waals surface area (Å²) in [5.74, 6) is 0. The number of hydrogen-bond donors (Lipinski definition) is 2. The maximum absolute atomic E-state index is 8.83. The summed E-state index contributed by atoms with van der Waals surface area (Å²) in [4.78, 5) is 1.80. The Morgan fingerprint density at radius 1 is 1.33 bits per heavy atom. The molecule has 0 aromatic rings. The van der Waals surface area contributed by atoms with E-state index in [1.807, 2.05) is 7.05 Å². The van der Waals surface area contributed by atoms with Crippen molar-refractivity contribution in [1.29, 1.82) is 0 Å². The van der Waals surface area contributed by atoms with E-state index in [1.54, 1.807) is 4.90 Å². The van der Waals surface area contributed by atoms with Gasteiger partial charge in [0.05, 0.1) is 0 Å². The molecule has 4 heteroatoms. The third kappa shape index (κ3) is 1.91. The molecule has 1 heterocycles. The molecule has 1 fully saturated rings. The Bertz CT molecular complexity index is 73.2. The Morgan fingerprint density at radius 3 is 2.11 bits per heavy atom. The van der Waals surface area contributed by atoms with E-state index in [9.17, 15) is 0 Å². The molecule has 1 saturated heterocycles. The number of aliphatic hydroxyl groups excluding tert-OH is 2. The number of aliphatic hydroxyl groups is 2. The summed E-state index contributed by atoms with van der Waals surface area (Å²) in [5, 5.41) is 17.7. The van der Waals surface area contributed by atoms with E-state index < -0.39 is 12.6 Å². The van der Waals surface area contributed by atoms with Crippen LogP contribution in [-0.4, -0.2) is 47.8 Å². The van der Waals surface area contributed by atoms with Crippen LogP contribution in [0.1, 0.15) is 0 Å². The van der Waals surface area contributed by atoms with Gasteiger partial charge in [-0.2, -0.15) is 0 Å². The number of likely N-dealkylation sites (N-methyl/N-ethyl adjacent to an activating group) is 1. The van der Waals surface area contributed by atoms with Crippen LogP contribution in [-0.2, 0) is 4.74 Å². The van der Waals surface area contributed by atoms with Crippen LogP contribution in [0, 0.1) is 0 Å². The highest BCUT2D eigenvalue weighted by Crippen LogP contribution is 2.03. The number of morpholine rings is 1. The molecule has 0 saturated carbocycles. The summed E-state index contributed by atoms with van der Waals surface area (Å²) in [5.41, 5.74) is 0. The van der Waals surface area contributed by atoms with Crippen molar-refractivity contribution in [1.82, 2.24) is 4.90 Å². The van der Waals surface area contributed by atoms with Gasteiger partial charge in [0, 0.05) is 13.1 Å². The van der Waals surface area contributed by atoms with Crippen molar-refractivity contribution in [2.45, 2.75) is 12.6 Å². The van der Waals surface area contributed by atoms with Gasteiger partial charge in [0.25, 0.3) is 0 Å². The minimum atomic E-state index is -0.834. The quantitative estimate of drug-likeness (QED) is 0.426. The molecule has 54 valence electrons. The maximum Gasteiger partial charge on any atom is 0.170 e. The van der Waals surface area contributed by atoms with Gasteiger partial charge in [-0.3, -0.25) is 4.90 Å². The standard InChI is InChI=1S/C5H11NO3/c1-6-2-4(7)9-5(8)3-6/h4-5,7-8H,2-3H2,1H3. The van der Waals surface area contributed by atoms with Gasteiger partial charge >= 0.3 is 0 Å². The van der Waals surface area contributed by atoms with Crippen LogP contribution in [0.4, 0.5) is 0 Å². The zero-order valence-corrected chi connectivity index (χ0v) is 5.32. The predicted octanol–water partition coefficient (Wildman–Crippen LogP) is -1.41. The smallest absolute Gasteiger partial charge is 0.170 e. The second kappa shape index (κ2) is 2.62. The van der Waals surface area contributed by atoms with Gasteiger partial charge in [-0.1, -0.05) is 0 Å². The third-order valence-electron chi connectivity index (χ3n) is 1.25. The topological polar surface area (TPSA) is 52.9 Å². The van der Waals surface area contributed by atoms with Gasteiger partial charge in [-0.15, -0.1) is 0 Å².